The lowest BCUT2D eigenvalue weighted by molar-refractivity contribution is 0.181. The van der Waals surface area contributed by atoms with Crippen molar-refractivity contribution in [1.29, 1.82) is 0 Å². The molecule has 0 heterocycles. The summed E-state index contributed by atoms with van der Waals surface area (Å²) in [7, 11) is -1.71. The van der Waals surface area contributed by atoms with Gasteiger partial charge in [0.15, 0.2) is 8.32 Å². The summed E-state index contributed by atoms with van der Waals surface area (Å²) in [4.78, 5) is 0. The minimum absolute atomic E-state index is 0.0163. The summed E-state index contributed by atoms with van der Waals surface area (Å²) in [6, 6.07) is 3.69. The number of anilines is 1. The van der Waals surface area contributed by atoms with Crippen molar-refractivity contribution in [1.82, 2.24) is 5.32 Å². The Balaban J connectivity index is 3.06. The third kappa shape index (κ3) is 6.57. The highest BCUT2D eigenvalue weighted by atomic mass is 35.5. The van der Waals surface area contributed by atoms with Crippen LogP contribution in [0, 0.1) is 0 Å². The Kier molecular flexibility index (Phi) is 6.15. The molecule has 0 saturated carbocycles. The minimum Gasteiger partial charge on any atom is -0.409 e. The number of nitrogens with two attached hydrogens (primary N) is 1. The predicted octanol–water partition coefficient (Wildman–Crippen LogP) is 4.86. The normalized spacial score (nSPS) is 14.3. The molecule has 1 atom stereocenters. The molecule has 0 aliphatic heterocycles. The molecule has 1 aromatic carbocycles. The second kappa shape index (κ2) is 6.88. The van der Waals surface area contributed by atoms with Crippen molar-refractivity contribution in [3.05, 3.63) is 27.7 Å². The van der Waals surface area contributed by atoms with E-state index in [1.54, 1.807) is 0 Å². The van der Waals surface area contributed by atoms with E-state index in [0.29, 0.717) is 22.3 Å². The number of benzene rings is 1. The average molecular weight is 349 g/mol. The van der Waals surface area contributed by atoms with Crippen LogP contribution in [0.1, 0.15) is 32.4 Å². The van der Waals surface area contributed by atoms with Crippen LogP contribution in [-0.4, -0.2) is 20.4 Å². The van der Waals surface area contributed by atoms with Gasteiger partial charge in [-0.05, 0) is 58.1 Å². The van der Waals surface area contributed by atoms with Crippen molar-refractivity contribution >= 4 is 37.2 Å². The van der Waals surface area contributed by atoms with Crippen molar-refractivity contribution in [2.45, 2.75) is 52.1 Å². The molecule has 120 valence electrons. The molecule has 21 heavy (non-hydrogen) atoms. The fraction of sp³-hybridized carbons (Fsp3) is 0.600. The highest BCUT2D eigenvalue weighted by molar-refractivity contribution is 6.69. The van der Waals surface area contributed by atoms with E-state index in [-0.39, 0.29) is 11.6 Å². The van der Waals surface area contributed by atoms with Crippen molar-refractivity contribution in [2.75, 3.05) is 12.3 Å². The van der Waals surface area contributed by atoms with Crippen molar-refractivity contribution in [3.8, 4) is 0 Å². The molecule has 1 aromatic rings. The zero-order chi connectivity index (χ0) is 16.4. The second-order valence-electron chi connectivity index (χ2n) is 7.25. The topological polar surface area (TPSA) is 47.3 Å². The summed E-state index contributed by atoms with van der Waals surface area (Å²) in [5.74, 6) is 0. The lowest BCUT2D eigenvalue weighted by Crippen LogP contribution is -2.41. The molecule has 1 unspecified atom stereocenters. The highest BCUT2D eigenvalue weighted by Gasteiger charge is 2.25. The lowest BCUT2D eigenvalue weighted by Gasteiger charge is -2.30. The van der Waals surface area contributed by atoms with Gasteiger partial charge >= 0.3 is 0 Å². The molecule has 6 heteroatoms. The fourth-order valence-electron chi connectivity index (χ4n) is 1.84. The van der Waals surface area contributed by atoms with Gasteiger partial charge in [-0.3, -0.25) is 0 Å². The zero-order valence-electron chi connectivity index (χ0n) is 13.7. The maximum Gasteiger partial charge on any atom is 0.184 e. The summed E-state index contributed by atoms with van der Waals surface area (Å²) in [6.07, 6.45) is -0.0912. The van der Waals surface area contributed by atoms with Crippen LogP contribution in [0.15, 0.2) is 12.1 Å². The number of hydrogen-bond acceptors (Lipinski definition) is 3. The molecule has 0 fully saturated rings. The van der Waals surface area contributed by atoms with E-state index in [0.717, 1.165) is 5.56 Å². The summed E-state index contributed by atoms with van der Waals surface area (Å²) < 4.78 is 6.29. The summed E-state index contributed by atoms with van der Waals surface area (Å²) in [6.45, 7) is 13.6. The minimum atomic E-state index is -1.71. The molecule has 0 bridgehead atoms. The van der Waals surface area contributed by atoms with Crippen LogP contribution in [0.4, 0.5) is 5.69 Å². The standard InChI is InChI=1S/C15H26Cl2N2OSi/c1-15(2,3)19-9-13(20-21(4,5)6)10-7-11(16)14(18)12(17)8-10/h7-8,13,19H,9,18H2,1-6H3. The first kappa shape index (κ1) is 18.8. The van der Waals surface area contributed by atoms with Crippen LogP contribution in [0.25, 0.3) is 0 Å². The number of halogens is 2. The van der Waals surface area contributed by atoms with Crippen LogP contribution in [0.2, 0.25) is 29.7 Å². The van der Waals surface area contributed by atoms with E-state index < -0.39 is 8.32 Å². The quantitative estimate of drug-likeness (QED) is 0.590. The van der Waals surface area contributed by atoms with Crippen LogP contribution < -0.4 is 11.1 Å². The van der Waals surface area contributed by atoms with E-state index in [2.05, 4.69) is 45.7 Å². The average Bonchev–Trinajstić information content (AvgIpc) is 2.28. The molecule has 3 N–H and O–H groups in total. The first-order valence-electron chi connectivity index (χ1n) is 7.06. The van der Waals surface area contributed by atoms with Crippen LogP contribution in [0.5, 0.6) is 0 Å². The Morgan fingerprint density at radius 1 is 1.19 bits per heavy atom. The molecule has 0 aliphatic carbocycles. The molecule has 0 spiro atoms. The molecule has 3 nitrogen and oxygen atoms in total. The van der Waals surface area contributed by atoms with Crippen molar-refractivity contribution in [3.63, 3.8) is 0 Å². The Bertz CT molecular complexity index is 472. The number of rotatable bonds is 5. The molecule has 0 aromatic heterocycles. The van der Waals surface area contributed by atoms with E-state index in [1.807, 2.05) is 12.1 Å². The van der Waals surface area contributed by atoms with Gasteiger partial charge in [-0.15, -0.1) is 0 Å². The van der Waals surface area contributed by atoms with Gasteiger partial charge in [0.05, 0.1) is 21.8 Å². The van der Waals surface area contributed by atoms with Gasteiger partial charge < -0.3 is 15.5 Å². The van der Waals surface area contributed by atoms with Gasteiger partial charge in [-0.25, -0.2) is 0 Å². The van der Waals surface area contributed by atoms with Crippen LogP contribution in [-0.2, 0) is 4.43 Å². The highest BCUT2D eigenvalue weighted by Crippen LogP contribution is 2.33. The molecule has 0 radical (unpaired) electrons. The monoisotopic (exact) mass is 348 g/mol. The molecule has 0 amide bonds. The molecule has 0 aliphatic rings. The van der Waals surface area contributed by atoms with Gasteiger partial charge in [-0.2, -0.15) is 0 Å². The van der Waals surface area contributed by atoms with E-state index >= 15 is 0 Å². The largest absolute Gasteiger partial charge is 0.409 e. The Hall–Kier alpha value is -0.263. The maximum atomic E-state index is 6.29. The van der Waals surface area contributed by atoms with Gasteiger partial charge in [-0.1, -0.05) is 23.2 Å². The van der Waals surface area contributed by atoms with E-state index in [9.17, 15) is 0 Å². The summed E-state index contributed by atoms with van der Waals surface area (Å²) in [5, 5.41) is 4.42. The van der Waals surface area contributed by atoms with E-state index in [4.69, 9.17) is 33.4 Å². The van der Waals surface area contributed by atoms with Crippen molar-refractivity contribution < 1.29 is 4.43 Å². The third-order valence-electron chi connectivity index (χ3n) is 2.79. The van der Waals surface area contributed by atoms with Crippen LogP contribution in [0.3, 0.4) is 0 Å². The SMILES string of the molecule is CC(C)(C)NCC(O[Si](C)(C)C)c1cc(Cl)c(N)c(Cl)c1. The molecule has 1 rings (SSSR count). The smallest absolute Gasteiger partial charge is 0.184 e. The predicted molar refractivity (Wildman–Crippen MR) is 95.8 cm³/mol. The Morgan fingerprint density at radius 3 is 2.05 bits per heavy atom. The lowest BCUT2D eigenvalue weighted by atomic mass is 10.1. The number of nitrogen functional groups attached to an aromatic ring is 1. The second-order valence-corrected chi connectivity index (χ2v) is 12.5. The summed E-state index contributed by atoms with van der Waals surface area (Å²) >= 11 is 12.3. The Labute approximate surface area is 139 Å². The van der Waals surface area contributed by atoms with Crippen LogP contribution >= 0.6 is 23.2 Å². The molecule has 0 saturated heterocycles. The van der Waals surface area contributed by atoms with Gasteiger partial charge in [0.2, 0.25) is 0 Å². The molecular formula is C15H26Cl2N2OSi. The first-order chi connectivity index (χ1) is 9.39. The van der Waals surface area contributed by atoms with Gasteiger partial charge in [0, 0.05) is 12.1 Å². The van der Waals surface area contributed by atoms with Gasteiger partial charge in [0.25, 0.3) is 0 Å². The zero-order valence-corrected chi connectivity index (χ0v) is 16.2. The fourth-order valence-corrected chi connectivity index (χ4v) is 3.42. The Morgan fingerprint density at radius 2 is 1.67 bits per heavy atom. The summed E-state index contributed by atoms with van der Waals surface area (Å²) in [5.41, 5.74) is 7.20. The number of nitrogens with one attached hydrogen (secondary N) is 1. The first-order valence-corrected chi connectivity index (χ1v) is 11.2. The van der Waals surface area contributed by atoms with Crippen molar-refractivity contribution in [2.24, 2.45) is 0 Å². The van der Waals surface area contributed by atoms with Gasteiger partial charge in [0.1, 0.15) is 0 Å². The van der Waals surface area contributed by atoms with E-state index in [1.165, 1.54) is 0 Å². The third-order valence-corrected chi connectivity index (χ3v) is 4.40. The maximum absolute atomic E-state index is 6.29. The number of hydrogen-bond donors (Lipinski definition) is 2. The molecular weight excluding hydrogens is 323 g/mol.